The summed E-state index contributed by atoms with van der Waals surface area (Å²) in [6.07, 6.45) is 0. The Labute approximate surface area is 192 Å². The minimum atomic E-state index is -0.296. The van der Waals surface area contributed by atoms with Crippen molar-refractivity contribution in [3.05, 3.63) is 76.4 Å². The number of ether oxygens (including phenoxy) is 1. The maximum Gasteiger partial charge on any atom is 0.278 e. The monoisotopic (exact) mass is 445 g/mol. The first-order valence-electron chi connectivity index (χ1n) is 10.8. The lowest BCUT2D eigenvalue weighted by Gasteiger charge is -2.09. The largest absolute Gasteiger partial charge is 0.493 e. The maximum absolute atomic E-state index is 12.8. The van der Waals surface area contributed by atoms with Crippen LogP contribution in [0.1, 0.15) is 45.7 Å². The highest BCUT2D eigenvalue weighted by Crippen LogP contribution is 2.31. The van der Waals surface area contributed by atoms with Crippen molar-refractivity contribution < 1.29 is 13.9 Å². The van der Waals surface area contributed by atoms with Crippen LogP contribution < -0.4 is 10.1 Å². The summed E-state index contributed by atoms with van der Waals surface area (Å²) >= 11 is 0. The van der Waals surface area contributed by atoms with E-state index in [0.29, 0.717) is 36.2 Å². The molecule has 0 fully saturated rings. The van der Waals surface area contributed by atoms with Crippen molar-refractivity contribution in [1.82, 2.24) is 20.0 Å². The van der Waals surface area contributed by atoms with Gasteiger partial charge in [0.15, 0.2) is 5.69 Å². The second-order valence-electron chi connectivity index (χ2n) is 7.83. The number of rotatable bonds is 7. The molecule has 0 saturated heterocycles. The zero-order valence-electron chi connectivity index (χ0n) is 19.5. The first-order valence-corrected chi connectivity index (χ1v) is 10.8. The fourth-order valence-corrected chi connectivity index (χ4v) is 3.54. The number of benzene rings is 2. The standard InChI is InChI=1S/C25H27N5O3/c1-6-32-22-13-8-7-11-19(22)25-27-21(18(5)33-25)14-30-17(4)23(28-29-30)24(31)26-20-12-9-10-15(2)16(20)3/h7-13H,6,14H2,1-5H3,(H,26,31). The van der Waals surface area contributed by atoms with Crippen LogP contribution in [0.3, 0.4) is 0 Å². The van der Waals surface area contributed by atoms with E-state index in [4.69, 9.17) is 9.15 Å². The molecule has 0 aliphatic carbocycles. The van der Waals surface area contributed by atoms with E-state index in [1.807, 2.05) is 77.1 Å². The van der Waals surface area contributed by atoms with Gasteiger partial charge in [-0.25, -0.2) is 9.67 Å². The lowest BCUT2D eigenvalue weighted by molar-refractivity contribution is 0.102. The van der Waals surface area contributed by atoms with Gasteiger partial charge in [0.05, 0.1) is 24.4 Å². The third kappa shape index (κ3) is 4.50. The Kier molecular flexibility index (Phi) is 6.26. The third-order valence-corrected chi connectivity index (χ3v) is 5.66. The highest BCUT2D eigenvalue weighted by molar-refractivity contribution is 6.04. The average Bonchev–Trinajstić information content (AvgIpc) is 3.35. The van der Waals surface area contributed by atoms with Crippen LogP contribution in [-0.4, -0.2) is 32.5 Å². The maximum atomic E-state index is 12.8. The Balaban J connectivity index is 1.56. The summed E-state index contributed by atoms with van der Waals surface area (Å²) in [5, 5.41) is 11.2. The SMILES string of the molecule is CCOc1ccccc1-c1nc(Cn2nnc(C(=O)Nc3cccc(C)c3C)c2C)c(C)o1. The van der Waals surface area contributed by atoms with Gasteiger partial charge in [-0.2, -0.15) is 0 Å². The molecular weight excluding hydrogens is 418 g/mol. The van der Waals surface area contributed by atoms with Gasteiger partial charge in [0, 0.05) is 5.69 Å². The smallest absolute Gasteiger partial charge is 0.278 e. The third-order valence-electron chi connectivity index (χ3n) is 5.66. The number of oxazole rings is 1. The van der Waals surface area contributed by atoms with Crippen LogP contribution in [0, 0.1) is 27.7 Å². The van der Waals surface area contributed by atoms with Crippen molar-refractivity contribution in [3.63, 3.8) is 0 Å². The fraction of sp³-hybridized carbons (Fsp3) is 0.280. The lowest BCUT2D eigenvalue weighted by atomic mass is 10.1. The number of carbonyl (C=O) groups excluding carboxylic acids is 1. The zero-order chi connectivity index (χ0) is 23.5. The van der Waals surface area contributed by atoms with Crippen molar-refractivity contribution in [3.8, 4) is 17.2 Å². The molecule has 1 amide bonds. The summed E-state index contributed by atoms with van der Waals surface area (Å²) in [6.45, 7) is 10.5. The highest BCUT2D eigenvalue weighted by atomic mass is 16.5. The predicted molar refractivity (Wildman–Crippen MR) is 126 cm³/mol. The first-order chi connectivity index (χ1) is 15.9. The van der Waals surface area contributed by atoms with Crippen molar-refractivity contribution >= 4 is 11.6 Å². The molecule has 8 nitrogen and oxygen atoms in total. The van der Waals surface area contributed by atoms with E-state index in [0.717, 1.165) is 28.1 Å². The van der Waals surface area contributed by atoms with Gasteiger partial charge >= 0.3 is 0 Å². The molecule has 0 atom stereocenters. The molecular formula is C25H27N5O3. The van der Waals surface area contributed by atoms with Crippen LogP contribution in [0.4, 0.5) is 5.69 Å². The van der Waals surface area contributed by atoms with Crippen LogP contribution in [0.25, 0.3) is 11.5 Å². The molecule has 2 aromatic heterocycles. The molecule has 2 heterocycles. The van der Waals surface area contributed by atoms with E-state index in [9.17, 15) is 4.79 Å². The van der Waals surface area contributed by atoms with E-state index < -0.39 is 0 Å². The van der Waals surface area contributed by atoms with Gasteiger partial charge < -0.3 is 14.5 Å². The second-order valence-corrected chi connectivity index (χ2v) is 7.83. The van der Waals surface area contributed by atoms with E-state index in [1.54, 1.807) is 4.68 Å². The lowest BCUT2D eigenvalue weighted by Crippen LogP contribution is -2.15. The van der Waals surface area contributed by atoms with Gasteiger partial charge in [-0.1, -0.05) is 29.5 Å². The molecule has 0 spiro atoms. The molecule has 0 unspecified atom stereocenters. The second kappa shape index (κ2) is 9.28. The van der Waals surface area contributed by atoms with Gasteiger partial charge in [-0.05, 0) is 63.9 Å². The van der Waals surface area contributed by atoms with Crippen molar-refractivity contribution in [2.75, 3.05) is 11.9 Å². The summed E-state index contributed by atoms with van der Waals surface area (Å²) < 4.78 is 13.3. The summed E-state index contributed by atoms with van der Waals surface area (Å²) in [6, 6.07) is 13.4. The number of anilines is 1. The fourth-order valence-electron chi connectivity index (χ4n) is 3.54. The number of hydrogen-bond donors (Lipinski definition) is 1. The number of aryl methyl sites for hydroxylation is 2. The first kappa shape index (κ1) is 22.3. The predicted octanol–water partition coefficient (Wildman–Crippen LogP) is 4.87. The van der Waals surface area contributed by atoms with Crippen LogP contribution >= 0.6 is 0 Å². The summed E-state index contributed by atoms with van der Waals surface area (Å²) in [7, 11) is 0. The van der Waals surface area contributed by atoms with Crippen LogP contribution in [0.2, 0.25) is 0 Å². The van der Waals surface area contributed by atoms with Gasteiger partial charge in [0.25, 0.3) is 5.91 Å². The van der Waals surface area contributed by atoms with E-state index in [1.165, 1.54) is 0 Å². The molecule has 170 valence electrons. The van der Waals surface area contributed by atoms with Gasteiger partial charge in [0.1, 0.15) is 17.2 Å². The van der Waals surface area contributed by atoms with Crippen LogP contribution in [0.15, 0.2) is 46.9 Å². The Morgan fingerprint density at radius 1 is 1.09 bits per heavy atom. The average molecular weight is 446 g/mol. The van der Waals surface area contributed by atoms with E-state index >= 15 is 0 Å². The zero-order valence-corrected chi connectivity index (χ0v) is 19.5. The Hall–Kier alpha value is -3.94. The van der Waals surface area contributed by atoms with Gasteiger partial charge in [-0.15, -0.1) is 5.10 Å². The summed E-state index contributed by atoms with van der Waals surface area (Å²) in [4.78, 5) is 17.5. The molecule has 0 saturated carbocycles. The van der Waals surface area contributed by atoms with Crippen LogP contribution in [0.5, 0.6) is 5.75 Å². The molecule has 1 N–H and O–H groups in total. The summed E-state index contributed by atoms with van der Waals surface area (Å²) in [5.41, 5.74) is 5.32. The molecule has 2 aromatic carbocycles. The number of para-hydroxylation sites is 1. The number of nitrogens with zero attached hydrogens (tertiary/aromatic N) is 4. The molecule has 0 aliphatic heterocycles. The summed E-state index contributed by atoms with van der Waals surface area (Å²) in [5.74, 6) is 1.58. The number of amides is 1. The Morgan fingerprint density at radius 2 is 1.88 bits per heavy atom. The van der Waals surface area contributed by atoms with Gasteiger partial charge in [0.2, 0.25) is 5.89 Å². The number of nitrogens with one attached hydrogen (secondary N) is 1. The quantitative estimate of drug-likeness (QED) is 0.436. The number of aromatic nitrogens is 4. The molecule has 0 aliphatic rings. The topological polar surface area (TPSA) is 95.1 Å². The molecule has 0 radical (unpaired) electrons. The number of carbonyl (C=O) groups is 1. The molecule has 0 bridgehead atoms. The van der Waals surface area contributed by atoms with Crippen molar-refractivity contribution in [2.45, 2.75) is 41.2 Å². The van der Waals surface area contributed by atoms with E-state index in [-0.39, 0.29) is 11.6 Å². The normalized spacial score (nSPS) is 10.9. The van der Waals surface area contributed by atoms with Crippen molar-refractivity contribution in [2.24, 2.45) is 0 Å². The Bertz CT molecular complexity index is 1310. The van der Waals surface area contributed by atoms with Crippen LogP contribution in [-0.2, 0) is 6.54 Å². The minimum Gasteiger partial charge on any atom is -0.493 e. The molecule has 4 aromatic rings. The molecule has 33 heavy (non-hydrogen) atoms. The highest BCUT2D eigenvalue weighted by Gasteiger charge is 2.20. The molecule has 8 heteroatoms. The van der Waals surface area contributed by atoms with Crippen molar-refractivity contribution in [1.29, 1.82) is 0 Å². The van der Waals surface area contributed by atoms with E-state index in [2.05, 4.69) is 20.6 Å². The molecule has 4 rings (SSSR count). The Morgan fingerprint density at radius 3 is 2.67 bits per heavy atom. The minimum absolute atomic E-state index is 0.277. The number of hydrogen-bond acceptors (Lipinski definition) is 6. The van der Waals surface area contributed by atoms with Gasteiger partial charge in [-0.3, -0.25) is 4.79 Å².